The molecule has 0 aliphatic rings. The minimum atomic E-state index is -1.04. The Kier molecular flexibility index (Phi) is 3.58. The Morgan fingerprint density at radius 2 is 1.92 bits per heavy atom. The molecule has 70 valence electrons. The third-order valence-corrected chi connectivity index (χ3v) is 2.39. The van der Waals surface area contributed by atoms with Gasteiger partial charge in [0.25, 0.3) is 0 Å². The Labute approximate surface area is 86.1 Å². The van der Waals surface area contributed by atoms with Crippen LogP contribution in [-0.2, 0) is 10.7 Å². The fraction of sp³-hybridized carbons (Fsp3) is 0.222. The summed E-state index contributed by atoms with van der Waals surface area (Å²) in [6.45, 7) is 0. The van der Waals surface area contributed by atoms with Gasteiger partial charge in [0.15, 0.2) is 5.38 Å². The van der Waals surface area contributed by atoms with Gasteiger partial charge < -0.3 is 5.11 Å². The van der Waals surface area contributed by atoms with E-state index in [4.69, 9.17) is 28.3 Å². The second-order valence-electron chi connectivity index (χ2n) is 2.58. The maximum Gasteiger partial charge on any atom is 0.326 e. The zero-order valence-electron chi connectivity index (χ0n) is 6.71. The van der Waals surface area contributed by atoms with Crippen LogP contribution < -0.4 is 0 Å². The number of benzene rings is 1. The first-order valence-electron chi connectivity index (χ1n) is 3.67. The number of carbonyl (C=O) groups is 1. The molecular formula is C9H8Cl2O2. The number of alkyl halides is 2. The number of hydrogen-bond donors (Lipinski definition) is 1. The molecule has 1 rings (SSSR count). The number of rotatable bonds is 3. The topological polar surface area (TPSA) is 37.3 Å². The van der Waals surface area contributed by atoms with Gasteiger partial charge in [0.1, 0.15) is 0 Å². The van der Waals surface area contributed by atoms with E-state index in [0.29, 0.717) is 11.4 Å². The van der Waals surface area contributed by atoms with Crippen LogP contribution in [0.15, 0.2) is 24.3 Å². The summed E-state index contributed by atoms with van der Waals surface area (Å²) in [4.78, 5) is 10.5. The van der Waals surface area contributed by atoms with Gasteiger partial charge in [-0.2, -0.15) is 0 Å². The predicted octanol–water partition coefficient (Wildman–Crippen LogP) is 2.79. The maximum absolute atomic E-state index is 10.5. The molecule has 0 fully saturated rings. The SMILES string of the molecule is O=C(O)C(Cl)c1ccc(CCl)cc1. The number of aliphatic carboxylic acids is 1. The highest BCUT2D eigenvalue weighted by Gasteiger charge is 2.15. The Bertz CT molecular complexity index is 295. The highest BCUT2D eigenvalue weighted by molar-refractivity contribution is 6.29. The van der Waals surface area contributed by atoms with Crippen molar-refractivity contribution >= 4 is 29.2 Å². The molecule has 0 heterocycles. The average molecular weight is 219 g/mol. The van der Waals surface area contributed by atoms with Crippen molar-refractivity contribution in [3.05, 3.63) is 35.4 Å². The molecule has 0 aliphatic heterocycles. The fourth-order valence-electron chi connectivity index (χ4n) is 0.918. The number of carboxylic acids is 1. The zero-order valence-corrected chi connectivity index (χ0v) is 8.22. The molecule has 1 atom stereocenters. The molecule has 0 aliphatic carbocycles. The van der Waals surface area contributed by atoms with E-state index in [1.54, 1.807) is 24.3 Å². The lowest BCUT2D eigenvalue weighted by Gasteiger charge is -2.04. The monoisotopic (exact) mass is 218 g/mol. The van der Waals surface area contributed by atoms with E-state index in [2.05, 4.69) is 0 Å². The van der Waals surface area contributed by atoms with Crippen LogP contribution in [0.2, 0.25) is 0 Å². The summed E-state index contributed by atoms with van der Waals surface area (Å²) in [5.74, 6) is -0.624. The first-order valence-corrected chi connectivity index (χ1v) is 4.64. The molecule has 13 heavy (non-hydrogen) atoms. The summed E-state index contributed by atoms with van der Waals surface area (Å²) >= 11 is 11.2. The van der Waals surface area contributed by atoms with Gasteiger partial charge in [-0.15, -0.1) is 23.2 Å². The third-order valence-electron chi connectivity index (χ3n) is 1.64. The minimum absolute atomic E-state index is 0.417. The van der Waals surface area contributed by atoms with Gasteiger partial charge >= 0.3 is 5.97 Å². The van der Waals surface area contributed by atoms with Crippen molar-refractivity contribution in [2.75, 3.05) is 0 Å². The molecule has 0 bridgehead atoms. The quantitative estimate of drug-likeness (QED) is 0.793. The van der Waals surface area contributed by atoms with E-state index in [1.807, 2.05) is 0 Å². The van der Waals surface area contributed by atoms with E-state index in [-0.39, 0.29) is 0 Å². The molecule has 4 heteroatoms. The second kappa shape index (κ2) is 4.49. The molecule has 0 spiro atoms. The third kappa shape index (κ3) is 2.61. The molecule has 0 amide bonds. The van der Waals surface area contributed by atoms with Crippen LogP contribution >= 0.6 is 23.2 Å². The Hall–Kier alpha value is -0.730. The van der Waals surface area contributed by atoms with Gasteiger partial charge in [-0.25, -0.2) is 0 Å². The molecule has 0 saturated carbocycles. The van der Waals surface area contributed by atoms with E-state index in [9.17, 15) is 4.79 Å². The van der Waals surface area contributed by atoms with Crippen molar-refractivity contribution in [2.45, 2.75) is 11.3 Å². The van der Waals surface area contributed by atoms with Crippen molar-refractivity contribution in [1.29, 1.82) is 0 Å². The van der Waals surface area contributed by atoms with Crippen LogP contribution in [0.25, 0.3) is 0 Å². The van der Waals surface area contributed by atoms with Gasteiger partial charge in [0.05, 0.1) is 0 Å². The van der Waals surface area contributed by atoms with E-state index >= 15 is 0 Å². The molecule has 1 unspecified atom stereocenters. The van der Waals surface area contributed by atoms with E-state index in [0.717, 1.165) is 5.56 Å². The zero-order chi connectivity index (χ0) is 9.84. The number of carboxylic acid groups (broad SMARTS) is 1. The standard InChI is InChI=1S/C9H8Cl2O2/c10-5-6-1-3-7(4-2-6)8(11)9(12)13/h1-4,8H,5H2,(H,12,13). The largest absolute Gasteiger partial charge is 0.480 e. The van der Waals surface area contributed by atoms with E-state index < -0.39 is 11.3 Å². The first-order chi connectivity index (χ1) is 6.15. The summed E-state index contributed by atoms with van der Waals surface area (Å²) < 4.78 is 0. The average Bonchev–Trinajstić information content (AvgIpc) is 2.17. The van der Waals surface area contributed by atoms with Crippen molar-refractivity contribution in [3.8, 4) is 0 Å². The van der Waals surface area contributed by atoms with Gasteiger partial charge in [-0.3, -0.25) is 4.79 Å². The lowest BCUT2D eigenvalue weighted by molar-refractivity contribution is -0.136. The molecule has 2 nitrogen and oxygen atoms in total. The lowest BCUT2D eigenvalue weighted by atomic mass is 10.1. The maximum atomic E-state index is 10.5. The molecule has 0 radical (unpaired) electrons. The summed E-state index contributed by atoms with van der Waals surface area (Å²) in [7, 11) is 0. The van der Waals surface area contributed by atoms with Gasteiger partial charge in [-0.05, 0) is 11.1 Å². The molecule has 1 N–H and O–H groups in total. The summed E-state index contributed by atoms with van der Waals surface area (Å²) in [6, 6.07) is 6.87. The minimum Gasteiger partial charge on any atom is -0.480 e. The highest BCUT2D eigenvalue weighted by Crippen LogP contribution is 2.21. The predicted molar refractivity (Wildman–Crippen MR) is 52.2 cm³/mol. The summed E-state index contributed by atoms with van der Waals surface area (Å²) in [5.41, 5.74) is 1.52. The Morgan fingerprint density at radius 1 is 1.38 bits per heavy atom. The number of hydrogen-bond acceptors (Lipinski definition) is 1. The summed E-state index contributed by atoms with van der Waals surface area (Å²) in [5, 5.41) is 7.62. The van der Waals surface area contributed by atoms with Crippen LogP contribution in [0, 0.1) is 0 Å². The second-order valence-corrected chi connectivity index (χ2v) is 3.28. The van der Waals surface area contributed by atoms with Crippen molar-refractivity contribution in [1.82, 2.24) is 0 Å². The van der Waals surface area contributed by atoms with Crippen molar-refractivity contribution in [3.63, 3.8) is 0 Å². The number of halogens is 2. The molecular weight excluding hydrogens is 211 g/mol. The van der Waals surface area contributed by atoms with Crippen LogP contribution in [0.3, 0.4) is 0 Å². The van der Waals surface area contributed by atoms with Crippen LogP contribution in [0.1, 0.15) is 16.5 Å². The normalized spacial score (nSPS) is 12.5. The fourth-order valence-corrected chi connectivity index (χ4v) is 1.24. The van der Waals surface area contributed by atoms with Crippen LogP contribution in [0.4, 0.5) is 0 Å². The first kappa shape index (κ1) is 10.4. The van der Waals surface area contributed by atoms with Gasteiger partial charge in [-0.1, -0.05) is 24.3 Å². The van der Waals surface area contributed by atoms with Crippen molar-refractivity contribution in [2.24, 2.45) is 0 Å². The molecule has 1 aromatic rings. The highest BCUT2D eigenvalue weighted by atomic mass is 35.5. The van der Waals surface area contributed by atoms with Crippen LogP contribution in [0.5, 0.6) is 0 Å². The molecule has 1 aromatic carbocycles. The van der Waals surface area contributed by atoms with Crippen molar-refractivity contribution < 1.29 is 9.90 Å². The smallest absolute Gasteiger partial charge is 0.326 e. The van der Waals surface area contributed by atoms with Gasteiger partial charge in [0.2, 0.25) is 0 Å². The summed E-state index contributed by atoms with van der Waals surface area (Å²) in [6.07, 6.45) is 0. The lowest BCUT2D eigenvalue weighted by Crippen LogP contribution is -2.04. The Balaban J connectivity index is 2.85. The molecule has 0 aromatic heterocycles. The van der Waals surface area contributed by atoms with Crippen LogP contribution in [-0.4, -0.2) is 11.1 Å². The van der Waals surface area contributed by atoms with E-state index in [1.165, 1.54) is 0 Å². The molecule has 0 saturated heterocycles. The van der Waals surface area contributed by atoms with Gasteiger partial charge in [0, 0.05) is 5.88 Å². The Morgan fingerprint density at radius 3 is 2.31 bits per heavy atom.